The maximum Gasteiger partial charge on any atom is 0.230 e. The third kappa shape index (κ3) is 5.51. The molecule has 30 heavy (non-hydrogen) atoms. The molecule has 0 aliphatic heterocycles. The predicted octanol–water partition coefficient (Wildman–Crippen LogP) is 4.85. The molecule has 0 unspecified atom stereocenters. The SMILES string of the molecule is CCn1c(SCC(=O)NCCc2ccc(C(C)C)cc2)nnc1-c1ccccc1C. The van der Waals surface area contributed by atoms with Crippen LogP contribution in [-0.4, -0.2) is 33.0 Å². The summed E-state index contributed by atoms with van der Waals surface area (Å²) in [5.41, 5.74) is 4.81. The lowest BCUT2D eigenvalue weighted by Crippen LogP contribution is -2.27. The number of rotatable bonds is 9. The second-order valence-electron chi connectivity index (χ2n) is 7.65. The van der Waals surface area contributed by atoms with Crippen molar-refractivity contribution in [2.24, 2.45) is 0 Å². The van der Waals surface area contributed by atoms with Crippen LogP contribution in [0.15, 0.2) is 53.7 Å². The van der Waals surface area contributed by atoms with E-state index in [9.17, 15) is 4.79 Å². The molecular formula is C24H30N4OS. The van der Waals surface area contributed by atoms with Crippen LogP contribution in [0.3, 0.4) is 0 Å². The molecule has 0 atom stereocenters. The molecule has 3 aromatic rings. The summed E-state index contributed by atoms with van der Waals surface area (Å²) in [5.74, 6) is 1.73. The third-order valence-electron chi connectivity index (χ3n) is 5.13. The molecular weight excluding hydrogens is 392 g/mol. The number of hydrogen-bond donors (Lipinski definition) is 1. The molecule has 0 radical (unpaired) electrons. The van der Waals surface area contributed by atoms with Crippen LogP contribution in [0.4, 0.5) is 0 Å². The first-order chi connectivity index (χ1) is 14.5. The van der Waals surface area contributed by atoms with Gasteiger partial charge < -0.3 is 9.88 Å². The van der Waals surface area contributed by atoms with Crippen molar-refractivity contribution >= 4 is 17.7 Å². The number of amides is 1. The Balaban J connectivity index is 1.52. The molecule has 1 amide bonds. The molecule has 2 aromatic carbocycles. The Kier molecular flexibility index (Phi) is 7.69. The first kappa shape index (κ1) is 22.1. The minimum absolute atomic E-state index is 0.0156. The molecule has 0 saturated heterocycles. The van der Waals surface area contributed by atoms with Gasteiger partial charge in [0.2, 0.25) is 5.91 Å². The number of carbonyl (C=O) groups is 1. The van der Waals surface area contributed by atoms with E-state index in [1.54, 1.807) is 0 Å². The molecule has 3 rings (SSSR count). The lowest BCUT2D eigenvalue weighted by Gasteiger charge is -2.10. The lowest BCUT2D eigenvalue weighted by atomic mass is 10.0. The van der Waals surface area contributed by atoms with Gasteiger partial charge >= 0.3 is 0 Å². The fraction of sp³-hybridized carbons (Fsp3) is 0.375. The van der Waals surface area contributed by atoms with Gasteiger partial charge in [-0.2, -0.15) is 0 Å². The summed E-state index contributed by atoms with van der Waals surface area (Å²) < 4.78 is 2.07. The van der Waals surface area contributed by atoms with E-state index in [2.05, 4.69) is 84.2 Å². The average molecular weight is 423 g/mol. The Morgan fingerprint density at radius 3 is 2.50 bits per heavy atom. The Hall–Kier alpha value is -2.60. The number of carbonyl (C=O) groups excluding carboxylic acids is 1. The van der Waals surface area contributed by atoms with Crippen LogP contribution in [-0.2, 0) is 17.8 Å². The lowest BCUT2D eigenvalue weighted by molar-refractivity contribution is -0.118. The van der Waals surface area contributed by atoms with Gasteiger partial charge in [0, 0.05) is 18.7 Å². The maximum atomic E-state index is 12.3. The number of nitrogens with zero attached hydrogens (tertiary/aromatic N) is 3. The standard InChI is InChI=1S/C24H30N4OS/c1-5-28-23(21-9-7-6-8-18(21)4)26-27-24(28)30-16-22(29)25-15-14-19-10-12-20(13-11-19)17(2)3/h6-13,17H,5,14-16H2,1-4H3,(H,25,29). The highest BCUT2D eigenvalue weighted by Gasteiger charge is 2.15. The topological polar surface area (TPSA) is 59.8 Å². The number of aryl methyl sites for hydroxylation is 1. The van der Waals surface area contributed by atoms with Crippen molar-refractivity contribution in [1.82, 2.24) is 20.1 Å². The van der Waals surface area contributed by atoms with Gasteiger partial charge in [0.1, 0.15) is 0 Å². The second kappa shape index (κ2) is 10.4. The number of benzene rings is 2. The summed E-state index contributed by atoms with van der Waals surface area (Å²) in [4.78, 5) is 12.3. The Morgan fingerprint density at radius 1 is 1.10 bits per heavy atom. The van der Waals surface area contributed by atoms with E-state index in [1.807, 2.05) is 12.1 Å². The zero-order valence-corrected chi connectivity index (χ0v) is 19.0. The first-order valence-corrected chi connectivity index (χ1v) is 11.5. The predicted molar refractivity (Wildman–Crippen MR) is 124 cm³/mol. The highest BCUT2D eigenvalue weighted by Crippen LogP contribution is 2.26. The molecule has 0 bridgehead atoms. The number of hydrogen-bond acceptors (Lipinski definition) is 4. The van der Waals surface area contributed by atoms with Gasteiger partial charge in [0.05, 0.1) is 5.75 Å². The van der Waals surface area contributed by atoms with E-state index in [1.165, 1.54) is 22.9 Å². The molecule has 158 valence electrons. The number of thioether (sulfide) groups is 1. The van der Waals surface area contributed by atoms with Crippen molar-refractivity contribution < 1.29 is 4.79 Å². The van der Waals surface area contributed by atoms with Gasteiger partial charge in [-0.25, -0.2) is 0 Å². The summed E-state index contributed by atoms with van der Waals surface area (Å²) in [5, 5.41) is 12.5. The zero-order valence-electron chi connectivity index (χ0n) is 18.2. The summed E-state index contributed by atoms with van der Waals surface area (Å²) in [6.07, 6.45) is 0.831. The molecule has 1 heterocycles. The summed E-state index contributed by atoms with van der Waals surface area (Å²) in [6.45, 7) is 9.91. The van der Waals surface area contributed by atoms with E-state index in [4.69, 9.17) is 0 Å². The van der Waals surface area contributed by atoms with Crippen molar-refractivity contribution in [2.75, 3.05) is 12.3 Å². The van der Waals surface area contributed by atoms with Crippen LogP contribution in [0.5, 0.6) is 0 Å². The van der Waals surface area contributed by atoms with E-state index < -0.39 is 0 Å². The van der Waals surface area contributed by atoms with Crippen LogP contribution in [0.2, 0.25) is 0 Å². The van der Waals surface area contributed by atoms with Crippen LogP contribution < -0.4 is 5.32 Å². The molecule has 0 fully saturated rings. The van der Waals surface area contributed by atoms with Crippen molar-refractivity contribution in [3.05, 3.63) is 65.2 Å². The minimum atomic E-state index is 0.0156. The monoisotopic (exact) mass is 422 g/mol. The number of nitrogens with one attached hydrogen (secondary N) is 1. The van der Waals surface area contributed by atoms with Gasteiger partial charge in [0.15, 0.2) is 11.0 Å². The molecule has 5 nitrogen and oxygen atoms in total. The quantitative estimate of drug-likeness (QED) is 0.501. The Bertz CT molecular complexity index is 979. The number of aromatic nitrogens is 3. The summed E-state index contributed by atoms with van der Waals surface area (Å²) in [6, 6.07) is 16.8. The average Bonchev–Trinajstić information content (AvgIpc) is 3.15. The second-order valence-corrected chi connectivity index (χ2v) is 8.59. The third-order valence-corrected chi connectivity index (χ3v) is 6.10. The van der Waals surface area contributed by atoms with E-state index in [0.717, 1.165) is 35.1 Å². The fourth-order valence-corrected chi connectivity index (χ4v) is 4.13. The molecule has 0 saturated carbocycles. The zero-order chi connectivity index (χ0) is 21.5. The van der Waals surface area contributed by atoms with Crippen molar-refractivity contribution in [2.45, 2.75) is 51.7 Å². The Morgan fingerprint density at radius 2 is 1.83 bits per heavy atom. The highest BCUT2D eigenvalue weighted by atomic mass is 32.2. The van der Waals surface area contributed by atoms with Gasteiger partial charge in [-0.1, -0.05) is 74.1 Å². The molecule has 1 N–H and O–H groups in total. The van der Waals surface area contributed by atoms with Gasteiger partial charge in [-0.05, 0) is 42.9 Å². The molecule has 0 aliphatic rings. The minimum Gasteiger partial charge on any atom is -0.355 e. The summed E-state index contributed by atoms with van der Waals surface area (Å²) in [7, 11) is 0. The first-order valence-electron chi connectivity index (χ1n) is 10.5. The summed E-state index contributed by atoms with van der Waals surface area (Å²) >= 11 is 1.43. The van der Waals surface area contributed by atoms with Crippen LogP contribution in [0.25, 0.3) is 11.4 Å². The molecule has 6 heteroatoms. The van der Waals surface area contributed by atoms with Gasteiger partial charge in [-0.15, -0.1) is 10.2 Å². The molecule has 1 aromatic heterocycles. The largest absolute Gasteiger partial charge is 0.355 e. The maximum absolute atomic E-state index is 12.3. The van der Waals surface area contributed by atoms with Gasteiger partial charge in [-0.3, -0.25) is 4.79 Å². The van der Waals surface area contributed by atoms with Crippen LogP contribution in [0, 0.1) is 6.92 Å². The van der Waals surface area contributed by atoms with Crippen LogP contribution in [0.1, 0.15) is 43.4 Å². The van der Waals surface area contributed by atoms with Crippen LogP contribution >= 0.6 is 11.8 Å². The molecule has 0 aliphatic carbocycles. The normalized spacial score (nSPS) is 11.1. The fourth-order valence-electron chi connectivity index (χ4n) is 3.30. The smallest absolute Gasteiger partial charge is 0.230 e. The highest BCUT2D eigenvalue weighted by molar-refractivity contribution is 7.99. The Labute approximate surface area is 183 Å². The van der Waals surface area contributed by atoms with E-state index >= 15 is 0 Å². The van der Waals surface area contributed by atoms with E-state index in [0.29, 0.717) is 18.2 Å². The van der Waals surface area contributed by atoms with E-state index in [-0.39, 0.29) is 5.91 Å². The van der Waals surface area contributed by atoms with Crippen molar-refractivity contribution in [1.29, 1.82) is 0 Å². The van der Waals surface area contributed by atoms with Gasteiger partial charge in [0.25, 0.3) is 0 Å². The van der Waals surface area contributed by atoms with Crippen molar-refractivity contribution in [3.63, 3.8) is 0 Å². The molecule has 0 spiro atoms. The van der Waals surface area contributed by atoms with Crippen molar-refractivity contribution in [3.8, 4) is 11.4 Å².